The number of nitrogens with zero attached hydrogens (tertiary/aromatic N) is 3. The van der Waals surface area contributed by atoms with Crippen LogP contribution in [0.4, 0.5) is 5.69 Å². The maximum Gasteiger partial charge on any atom is 0.314 e. The van der Waals surface area contributed by atoms with Crippen molar-refractivity contribution in [1.82, 2.24) is 9.79 Å². The number of amidine groups is 1. The molecule has 0 spiro atoms. The molecule has 7 heteroatoms. The van der Waals surface area contributed by atoms with Crippen LogP contribution in [0.1, 0.15) is 70.2 Å². The van der Waals surface area contributed by atoms with Crippen molar-refractivity contribution in [3.63, 3.8) is 0 Å². The molecule has 2 aliphatic heterocycles. The number of para-hydroxylation sites is 1. The van der Waals surface area contributed by atoms with Gasteiger partial charge in [-0.2, -0.15) is 0 Å². The number of aliphatic hydroxyl groups excluding tert-OH is 1. The average Bonchev–Trinajstić information content (AvgIpc) is 3.02. The van der Waals surface area contributed by atoms with Crippen LogP contribution in [0.2, 0.25) is 0 Å². The molecular formula is C37H43BIrN3O2-. The minimum absolute atomic E-state index is 0. The minimum Gasteiger partial charge on any atom is -0.512 e. The number of aromatic nitrogens is 1. The van der Waals surface area contributed by atoms with E-state index in [1.807, 2.05) is 64.2 Å². The average molecular weight is 765 g/mol. The molecule has 0 saturated carbocycles. The SMILES string of the molecule is CCC(CC)C(=O)/C=C(\O)C(CC)CC.Cc1cccc(C)c1B1c2ccccc2N=C2C(c3ccccn3)=[C-]C=CN12.[Ir]. The zero-order valence-electron chi connectivity index (χ0n) is 26.7. The number of aliphatic imine (C=N–C) groups is 1. The van der Waals surface area contributed by atoms with Gasteiger partial charge in [-0.3, -0.25) is 9.79 Å². The van der Waals surface area contributed by atoms with Crippen molar-refractivity contribution in [2.75, 3.05) is 0 Å². The Hall–Kier alpha value is -3.54. The number of hydrogen-bond donors (Lipinski definition) is 1. The second kappa shape index (κ2) is 16.5. The Balaban J connectivity index is 0.000000286. The van der Waals surface area contributed by atoms with Gasteiger partial charge in [-0.05, 0) is 68.3 Å². The first-order valence-electron chi connectivity index (χ1n) is 15.5. The summed E-state index contributed by atoms with van der Waals surface area (Å²) in [5.41, 5.74) is 7.93. The first-order valence-corrected chi connectivity index (χ1v) is 15.5. The van der Waals surface area contributed by atoms with Gasteiger partial charge in [0.1, 0.15) is 0 Å². The molecule has 231 valence electrons. The van der Waals surface area contributed by atoms with Gasteiger partial charge in [0, 0.05) is 50.0 Å². The molecule has 5 nitrogen and oxygen atoms in total. The third-order valence-corrected chi connectivity index (χ3v) is 8.49. The van der Waals surface area contributed by atoms with Crippen molar-refractivity contribution in [2.24, 2.45) is 16.8 Å². The van der Waals surface area contributed by atoms with Gasteiger partial charge >= 0.3 is 6.85 Å². The molecule has 2 aliphatic rings. The van der Waals surface area contributed by atoms with Crippen LogP contribution in [0, 0.1) is 31.8 Å². The van der Waals surface area contributed by atoms with Crippen molar-refractivity contribution in [3.05, 3.63) is 114 Å². The van der Waals surface area contributed by atoms with Crippen molar-refractivity contribution >= 4 is 40.7 Å². The van der Waals surface area contributed by atoms with Crippen LogP contribution in [-0.4, -0.2) is 33.4 Å². The van der Waals surface area contributed by atoms with Crippen LogP contribution < -0.4 is 10.9 Å². The fourth-order valence-corrected chi connectivity index (χ4v) is 5.90. The largest absolute Gasteiger partial charge is 0.512 e. The number of aryl methyl sites for hydroxylation is 2. The van der Waals surface area contributed by atoms with Crippen LogP contribution in [0.25, 0.3) is 5.57 Å². The summed E-state index contributed by atoms with van der Waals surface area (Å²) in [7, 11) is 0. The van der Waals surface area contributed by atoms with E-state index in [2.05, 4.69) is 72.3 Å². The number of rotatable bonds is 9. The first-order chi connectivity index (χ1) is 20.8. The molecule has 1 N–H and O–H groups in total. The molecule has 0 atom stereocenters. The van der Waals surface area contributed by atoms with Crippen molar-refractivity contribution < 1.29 is 30.0 Å². The molecule has 0 bridgehead atoms. The fourth-order valence-electron chi connectivity index (χ4n) is 5.90. The van der Waals surface area contributed by atoms with Crippen LogP contribution >= 0.6 is 0 Å². The van der Waals surface area contributed by atoms with Gasteiger partial charge in [0.05, 0.1) is 11.4 Å². The van der Waals surface area contributed by atoms with Gasteiger partial charge in [-0.1, -0.05) is 99.1 Å². The number of fused-ring (bicyclic) bond motifs is 2. The number of hydrogen-bond acceptors (Lipinski definition) is 5. The molecule has 3 aromatic rings. The molecule has 0 aliphatic carbocycles. The fraction of sp³-hybridized carbons (Fsp3) is 0.324. The molecule has 0 unspecified atom stereocenters. The summed E-state index contributed by atoms with van der Waals surface area (Å²) in [6.07, 6.45) is 14.1. The van der Waals surface area contributed by atoms with Crippen molar-refractivity contribution in [3.8, 4) is 0 Å². The number of carbonyl (C=O) groups is 1. The molecule has 0 saturated heterocycles. The van der Waals surface area contributed by atoms with E-state index in [-0.39, 0.29) is 50.3 Å². The third kappa shape index (κ3) is 7.75. The number of allylic oxidation sites excluding steroid dienone is 4. The van der Waals surface area contributed by atoms with E-state index >= 15 is 0 Å². The van der Waals surface area contributed by atoms with E-state index in [4.69, 9.17) is 4.99 Å². The predicted octanol–water partition coefficient (Wildman–Crippen LogP) is 7.43. The monoisotopic (exact) mass is 765 g/mol. The van der Waals surface area contributed by atoms with E-state index < -0.39 is 0 Å². The second-order valence-corrected chi connectivity index (χ2v) is 11.2. The van der Waals surface area contributed by atoms with Crippen molar-refractivity contribution in [1.29, 1.82) is 0 Å². The summed E-state index contributed by atoms with van der Waals surface area (Å²) in [4.78, 5) is 23.5. The maximum atomic E-state index is 11.7. The number of pyridine rings is 1. The Bertz CT molecular complexity index is 1520. The normalized spacial score (nSPS) is 13.8. The van der Waals surface area contributed by atoms with Crippen molar-refractivity contribution in [2.45, 2.75) is 67.2 Å². The summed E-state index contributed by atoms with van der Waals surface area (Å²) in [5.74, 6) is 1.44. The Labute approximate surface area is 277 Å². The quantitative estimate of drug-likeness (QED) is 0.107. The van der Waals surface area contributed by atoms with Crippen LogP contribution in [0.3, 0.4) is 0 Å². The van der Waals surface area contributed by atoms with E-state index in [1.165, 1.54) is 28.1 Å². The standard InChI is InChI=1S/C24H19BN3.C13H24O2.Ir/c1-17-9-7-10-18(2)23(17)25-20-12-3-4-14-22(20)27-24-19(11-8-16-28(24)25)21-13-5-6-15-26-21;1-5-10(6-2)12(14)9-13(15)11(7-3)8-4;/h3-10,12-16H,1-2H3;9-11,14H,5-8H2,1-4H3;/q-1;;/b;12-9-;. The van der Waals surface area contributed by atoms with Crippen LogP contribution in [0.15, 0.2) is 96.0 Å². The zero-order chi connectivity index (χ0) is 30.9. The molecule has 5 rings (SSSR count). The summed E-state index contributed by atoms with van der Waals surface area (Å²) < 4.78 is 0. The number of carbonyl (C=O) groups excluding carboxylic acids is 1. The number of benzene rings is 2. The Kier molecular flexibility index (Phi) is 13.1. The first kappa shape index (κ1) is 34.9. The molecule has 3 heterocycles. The molecule has 44 heavy (non-hydrogen) atoms. The van der Waals surface area contributed by atoms with E-state index in [0.717, 1.165) is 48.5 Å². The van der Waals surface area contributed by atoms with Gasteiger partial charge in [-0.15, -0.1) is 12.2 Å². The van der Waals surface area contributed by atoms with Gasteiger partial charge in [-0.25, -0.2) is 0 Å². The zero-order valence-corrected chi connectivity index (χ0v) is 29.1. The Morgan fingerprint density at radius 2 is 1.55 bits per heavy atom. The van der Waals surface area contributed by atoms with Gasteiger partial charge in [0.25, 0.3) is 0 Å². The maximum absolute atomic E-state index is 11.7. The van der Waals surface area contributed by atoms with Gasteiger partial charge in [0.15, 0.2) is 5.78 Å². The Morgan fingerprint density at radius 3 is 2.16 bits per heavy atom. The topological polar surface area (TPSA) is 65.8 Å². The number of ketones is 1. The molecule has 0 amide bonds. The molecule has 1 radical (unpaired) electrons. The summed E-state index contributed by atoms with van der Waals surface area (Å²) in [6, 6.07) is 20.8. The minimum atomic E-state index is 0. The Morgan fingerprint density at radius 1 is 0.909 bits per heavy atom. The summed E-state index contributed by atoms with van der Waals surface area (Å²) in [6.45, 7) is 12.5. The van der Waals surface area contributed by atoms with E-state index in [9.17, 15) is 9.90 Å². The third-order valence-electron chi connectivity index (χ3n) is 8.49. The number of aliphatic hydroxyl groups is 1. The second-order valence-electron chi connectivity index (χ2n) is 11.2. The molecular weight excluding hydrogens is 721 g/mol. The summed E-state index contributed by atoms with van der Waals surface area (Å²) >= 11 is 0. The molecule has 2 aromatic carbocycles. The molecule has 0 fully saturated rings. The molecule has 1 aromatic heterocycles. The smallest absolute Gasteiger partial charge is 0.314 e. The van der Waals surface area contributed by atoms with Gasteiger partial charge < -0.3 is 14.9 Å². The van der Waals surface area contributed by atoms with E-state index in [1.54, 1.807) is 0 Å². The summed E-state index contributed by atoms with van der Waals surface area (Å²) in [5, 5.41) is 9.76. The van der Waals surface area contributed by atoms with Crippen LogP contribution in [-0.2, 0) is 24.9 Å². The van der Waals surface area contributed by atoms with Gasteiger partial charge in [0.2, 0.25) is 0 Å². The van der Waals surface area contributed by atoms with E-state index in [0.29, 0.717) is 0 Å². The van der Waals surface area contributed by atoms with Crippen LogP contribution in [0.5, 0.6) is 0 Å². The predicted molar refractivity (Wildman–Crippen MR) is 180 cm³/mol.